The number of benzene rings is 1. The fourth-order valence-electron chi connectivity index (χ4n) is 2.06. The number of carbonyl (C=O) groups excluding carboxylic acids is 2. The van der Waals surface area contributed by atoms with Crippen molar-refractivity contribution in [2.45, 2.75) is 25.8 Å². The number of likely N-dealkylation sites (N-methyl/N-ethyl adjacent to an activating group) is 1. The SMILES string of the molecule is C=C.CNC(C=O)C(C)C(F)F.CNO.O=Cc1ccc(C#CC2CC2CO)cc1. The second-order valence-electron chi connectivity index (χ2n) is 6.16. The van der Waals surface area contributed by atoms with Crippen LogP contribution in [-0.2, 0) is 4.79 Å². The fourth-order valence-corrected chi connectivity index (χ4v) is 2.06. The lowest BCUT2D eigenvalue weighted by Crippen LogP contribution is -2.36. The minimum Gasteiger partial charge on any atom is -0.396 e. The van der Waals surface area contributed by atoms with Crippen molar-refractivity contribution in [3.05, 3.63) is 48.6 Å². The first-order valence-corrected chi connectivity index (χ1v) is 9.27. The summed E-state index contributed by atoms with van der Waals surface area (Å²) in [5, 5.41) is 18.6. The molecule has 0 amide bonds. The summed E-state index contributed by atoms with van der Waals surface area (Å²) in [5.74, 6) is 5.99. The molecule has 0 aromatic heterocycles. The second-order valence-corrected chi connectivity index (χ2v) is 6.16. The van der Waals surface area contributed by atoms with Crippen molar-refractivity contribution in [1.29, 1.82) is 0 Å². The average molecular weight is 427 g/mol. The van der Waals surface area contributed by atoms with Crippen LogP contribution in [0.4, 0.5) is 8.78 Å². The molecule has 1 aliphatic rings. The smallest absolute Gasteiger partial charge is 0.243 e. The molecule has 1 aromatic carbocycles. The maximum absolute atomic E-state index is 11.9. The van der Waals surface area contributed by atoms with Crippen LogP contribution in [0.2, 0.25) is 0 Å². The molecule has 0 radical (unpaired) electrons. The molecule has 2 rings (SSSR count). The zero-order chi connectivity index (χ0) is 23.5. The van der Waals surface area contributed by atoms with Gasteiger partial charge in [0.2, 0.25) is 6.43 Å². The van der Waals surface area contributed by atoms with Gasteiger partial charge in [-0.15, -0.1) is 13.2 Å². The third-order valence-electron chi connectivity index (χ3n) is 4.05. The monoisotopic (exact) mass is 426 g/mol. The van der Waals surface area contributed by atoms with Gasteiger partial charge in [-0.1, -0.05) is 30.9 Å². The van der Waals surface area contributed by atoms with Crippen LogP contribution in [0.1, 0.15) is 29.3 Å². The number of alkyl halides is 2. The van der Waals surface area contributed by atoms with Crippen LogP contribution in [-0.4, -0.2) is 56.1 Å². The standard InChI is InChI=1S/C13H12O2.C6H11F2NO.C2H4.CH5NO/c14-8-11-3-1-10(2-4-11)5-6-12-7-13(12)9-15;1-4(6(7)8)5(3-10)9-2;1-2;1-2-3/h1-4,8,12-13,15H,7,9H2;3-6,9H,1-2H3;1-2H2;2-3H,1H3. The van der Waals surface area contributed by atoms with Crippen molar-refractivity contribution < 1.29 is 28.7 Å². The first-order chi connectivity index (χ1) is 14.4. The van der Waals surface area contributed by atoms with E-state index >= 15 is 0 Å². The molecule has 30 heavy (non-hydrogen) atoms. The number of aliphatic hydroxyl groups is 1. The number of hydrogen-bond acceptors (Lipinski definition) is 6. The lowest BCUT2D eigenvalue weighted by atomic mass is 10.0. The number of carbonyl (C=O) groups is 2. The van der Waals surface area contributed by atoms with Gasteiger partial charge in [-0.05, 0) is 31.5 Å². The molecule has 0 aliphatic heterocycles. The first kappa shape index (κ1) is 29.8. The van der Waals surface area contributed by atoms with Crippen LogP contribution < -0.4 is 10.8 Å². The molecule has 168 valence electrons. The van der Waals surface area contributed by atoms with Crippen molar-refractivity contribution >= 4 is 12.6 Å². The molecule has 4 N–H and O–H groups in total. The van der Waals surface area contributed by atoms with Crippen LogP contribution in [0.25, 0.3) is 0 Å². The Morgan fingerprint density at radius 1 is 1.23 bits per heavy atom. The highest BCUT2D eigenvalue weighted by atomic mass is 19.3. The van der Waals surface area contributed by atoms with Gasteiger partial charge in [-0.3, -0.25) is 4.79 Å². The highest BCUT2D eigenvalue weighted by Gasteiger charge is 2.34. The molecule has 6 nitrogen and oxygen atoms in total. The summed E-state index contributed by atoms with van der Waals surface area (Å²) >= 11 is 0. The molecule has 0 bridgehead atoms. The van der Waals surface area contributed by atoms with Crippen LogP contribution in [0.15, 0.2) is 37.4 Å². The van der Waals surface area contributed by atoms with Gasteiger partial charge in [0.05, 0.1) is 6.04 Å². The van der Waals surface area contributed by atoms with Gasteiger partial charge in [0.1, 0.15) is 12.6 Å². The molecule has 1 aromatic rings. The van der Waals surface area contributed by atoms with Gasteiger partial charge < -0.3 is 20.4 Å². The molecule has 4 unspecified atom stereocenters. The summed E-state index contributed by atoms with van der Waals surface area (Å²) in [6.45, 7) is 7.57. The minimum atomic E-state index is -2.44. The Bertz CT molecular complexity index is 645. The Kier molecular flexibility index (Phi) is 18.4. The van der Waals surface area contributed by atoms with Crippen molar-refractivity contribution in [3.8, 4) is 11.8 Å². The van der Waals surface area contributed by atoms with Crippen molar-refractivity contribution in [2.24, 2.45) is 17.8 Å². The topological polar surface area (TPSA) is 98.7 Å². The van der Waals surface area contributed by atoms with Crippen LogP contribution in [0, 0.1) is 29.6 Å². The predicted molar refractivity (Wildman–Crippen MR) is 114 cm³/mol. The van der Waals surface area contributed by atoms with Crippen LogP contribution >= 0.6 is 0 Å². The summed E-state index contributed by atoms with van der Waals surface area (Å²) in [4.78, 5) is 20.5. The van der Waals surface area contributed by atoms with E-state index in [1.807, 2.05) is 12.1 Å². The zero-order valence-corrected chi connectivity index (χ0v) is 17.6. The first-order valence-electron chi connectivity index (χ1n) is 9.27. The zero-order valence-electron chi connectivity index (χ0n) is 17.6. The third-order valence-corrected chi connectivity index (χ3v) is 4.05. The second kappa shape index (κ2) is 18.6. The lowest BCUT2D eigenvalue weighted by molar-refractivity contribution is -0.112. The molecule has 0 heterocycles. The van der Waals surface area contributed by atoms with E-state index in [-0.39, 0.29) is 6.61 Å². The van der Waals surface area contributed by atoms with Gasteiger partial charge in [0, 0.05) is 36.6 Å². The van der Waals surface area contributed by atoms with E-state index < -0.39 is 18.4 Å². The Labute approximate surface area is 177 Å². The van der Waals surface area contributed by atoms with E-state index in [0.717, 1.165) is 18.3 Å². The lowest BCUT2D eigenvalue weighted by Gasteiger charge is -2.16. The summed E-state index contributed by atoms with van der Waals surface area (Å²) in [5.41, 5.74) is 3.34. The van der Waals surface area contributed by atoms with E-state index in [4.69, 9.17) is 10.3 Å². The molecule has 1 fully saturated rings. The van der Waals surface area contributed by atoms with E-state index in [9.17, 15) is 18.4 Å². The number of aldehydes is 2. The number of nitrogens with one attached hydrogen (secondary N) is 2. The average Bonchev–Trinajstić information content (AvgIpc) is 3.54. The predicted octanol–water partition coefficient (Wildman–Crippen LogP) is 2.55. The quantitative estimate of drug-likeness (QED) is 0.242. The Hall–Kier alpha value is -2.44. The number of halogens is 2. The molecule has 1 aliphatic carbocycles. The fraction of sp³-hybridized carbons (Fsp3) is 0.455. The van der Waals surface area contributed by atoms with Gasteiger partial charge in [0.15, 0.2) is 0 Å². The van der Waals surface area contributed by atoms with E-state index in [1.165, 1.54) is 21.0 Å². The summed E-state index contributed by atoms with van der Waals surface area (Å²) in [6.07, 6.45) is -0.116. The number of rotatable bonds is 6. The number of hydroxylamine groups is 1. The number of aliphatic hydroxyl groups excluding tert-OH is 1. The molecular weight excluding hydrogens is 394 g/mol. The maximum Gasteiger partial charge on any atom is 0.243 e. The maximum atomic E-state index is 11.9. The molecule has 1 saturated carbocycles. The van der Waals surface area contributed by atoms with E-state index in [2.05, 4.69) is 30.3 Å². The van der Waals surface area contributed by atoms with Crippen molar-refractivity contribution in [2.75, 3.05) is 20.7 Å². The highest BCUT2D eigenvalue weighted by molar-refractivity contribution is 5.74. The molecule has 8 heteroatoms. The Balaban J connectivity index is 0. The molecular formula is C22H32F2N2O4. The van der Waals surface area contributed by atoms with Gasteiger partial charge in [-0.25, -0.2) is 14.3 Å². The minimum absolute atomic E-state index is 0.240. The van der Waals surface area contributed by atoms with Crippen molar-refractivity contribution in [1.82, 2.24) is 10.8 Å². The summed E-state index contributed by atoms with van der Waals surface area (Å²) in [7, 11) is 2.91. The molecule has 0 spiro atoms. The largest absolute Gasteiger partial charge is 0.396 e. The number of hydrogen-bond donors (Lipinski definition) is 4. The van der Waals surface area contributed by atoms with Gasteiger partial charge >= 0.3 is 0 Å². The van der Waals surface area contributed by atoms with Gasteiger partial charge in [-0.2, -0.15) is 0 Å². The van der Waals surface area contributed by atoms with Gasteiger partial charge in [0.25, 0.3) is 0 Å². The summed E-state index contributed by atoms with van der Waals surface area (Å²) < 4.78 is 23.7. The normalized spacial score (nSPS) is 17.7. The van der Waals surface area contributed by atoms with Crippen molar-refractivity contribution in [3.63, 3.8) is 0 Å². The van der Waals surface area contributed by atoms with Crippen LogP contribution in [0.5, 0.6) is 0 Å². The summed E-state index contributed by atoms with van der Waals surface area (Å²) in [6, 6.07) is 6.46. The Morgan fingerprint density at radius 3 is 2.07 bits per heavy atom. The van der Waals surface area contributed by atoms with E-state index in [1.54, 1.807) is 17.6 Å². The molecule has 0 saturated heterocycles. The van der Waals surface area contributed by atoms with E-state index in [0.29, 0.717) is 23.7 Å². The highest BCUT2D eigenvalue weighted by Crippen LogP contribution is 2.36. The van der Waals surface area contributed by atoms with Crippen LogP contribution in [0.3, 0.4) is 0 Å². The Morgan fingerprint density at radius 2 is 1.77 bits per heavy atom. The third kappa shape index (κ3) is 12.9. The molecule has 4 atom stereocenters.